The van der Waals surface area contributed by atoms with Gasteiger partial charge in [-0.15, -0.1) is 12.4 Å². The lowest BCUT2D eigenvalue weighted by atomic mass is 10.2. The maximum Gasteiger partial charge on any atom is 0.321 e. The van der Waals surface area contributed by atoms with Crippen molar-refractivity contribution in [3.05, 3.63) is 24.3 Å². The quantitative estimate of drug-likeness (QED) is 0.726. The van der Waals surface area contributed by atoms with Gasteiger partial charge in [0, 0.05) is 24.5 Å². The maximum absolute atomic E-state index is 12.0. The summed E-state index contributed by atoms with van der Waals surface area (Å²) in [4.78, 5) is 25.6. The largest absolute Gasteiger partial charge is 0.338 e. The Morgan fingerprint density at radius 2 is 2.30 bits per heavy atom. The van der Waals surface area contributed by atoms with Gasteiger partial charge in [-0.1, -0.05) is 6.07 Å². The molecule has 4 N–H and O–H groups in total. The van der Waals surface area contributed by atoms with Crippen molar-refractivity contribution in [2.75, 3.05) is 35.3 Å². The van der Waals surface area contributed by atoms with Crippen LogP contribution < -0.4 is 21.3 Å². The summed E-state index contributed by atoms with van der Waals surface area (Å²) in [7, 11) is 0. The smallest absolute Gasteiger partial charge is 0.321 e. The molecule has 1 aliphatic heterocycles. The lowest BCUT2D eigenvalue weighted by Crippen LogP contribution is -2.46. The van der Waals surface area contributed by atoms with Gasteiger partial charge in [0.25, 0.3) is 0 Å². The second-order valence-corrected chi connectivity index (χ2v) is 6.15. The molecule has 128 valence electrons. The van der Waals surface area contributed by atoms with Crippen LogP contribution in [0.1, 0.15) is 12.8 Å². The second kappa shape index (κ2) is 9.64. The molecule has 1 heterocycles. The van der Waals surface area contributed by atoms with Crippen molar-refractivity contribution < 1.29 is 9.59 Å². The Morgan fingerprint density at radius 3 is 3.00 bits per heavy atom. The first-order valence-corrected chi connectivity index (χ1v) is 8.72. The van der Waals surface area contributed by atoms with Gasteiger partial charge < -0.3 is 16.4 Å². The Kier molecular flexibility index (Phi) is 8.22. The highest BCUT2D eigenvalue weighted by Gasteiger charge is 2.20. The number of halogens is 1. The molecule has 0 radical (unpaired) electrons. The van der Waals surface area contributed by atoms with E-state index < -0.39 is 6.04 Å². The Hall–Kier alpha value is -1.44. The minimum Gasteiger partial charge on any atom is -0.338 e. The molecule has 1 fully saturated rings. The van der Waals surface area contributed by atoms with E-state index in [2.05, 4.69) is 10.6 Å². The molecule has 0 aliphatic carbocycles. The molecular weight excluding hydrogens is 336 g/mol. The molecule has 1 aromatic carbocycles. The van der Waals surface area contributed by atoms with Crippen LogP contribution in [0.3, 0.4) is 0 Å². The van der Waals surface area contributed by atoms with Crippen LogP contribution in [0.15, 0.2) is 24.3 Å². The first-order chi connectivity index (χ1) is 10.6. The summed E-state index contributed by atoms with van der Waals surface area (Å²) in [5.41, 5.74) is 7.28. The van der Waals surface area contributed by atoms with Gasteiger partial charge in [-0.25, -0.2) is 4.79 Å². The number of nitrogens with zero attached hydrogens (tertiary/aromatic N) is 1. The predicted molar refractivity (Wildman–Crippen MR) is 98.7 cm³/mol. The van der Waals surface area contributed by atoms with E-state index in [1.807, 2.05) is 18.4 Å². The first kappa shape index (κ1) is 19.6. The molecular formula is C15H23ClN4O2S. The summed E-state index contributed by atoms with van der Waals surface area (Å²) < 4.78 is 0. The number of nitrogens with two attached hydrogens (primary N) is 1. The third-order valence-electron chi connectivity index (χ3n) is 3.47. The topological polar surface area (TPSA) is 87.5 Å². The van der Waals surface area contributed by atoms with Crippen LogP contribution in [-0.2, 0) is 4.79 Å². The SMILES string of the molecule is CSCC[C@H](N)C(=O)Nc1cccc(N2CCCNC2=O)c1.Cl. The minimum atomic E-state index is -0.519. The van der Waals surface area contributed by atoms with Gasteiger partial charge in [-0.05, 0) is 43.0 Å². The fourth-order valence-electron chi connectivity index (χ4n) is 2.24. The molecule has 1 aromatic rings. The average molecular weight is 359 g/mol. The summed E-state index contributed by atoms with van der Waals surface area (Å²) in [6.07, 6.45) is 3.53. The lowest BCUT2D eigenvalue weighted by Gasteiger charge is -2.27. The number of hydrogen-bond acceptors (Lipinski definition) is 4. The van der Waals surface area contributed by atoms with Gasteiger partial charge in [-0.3, -0.25) is 9.69 Å². The van der Waals surface area contributed by atoms with Crippen LogP contribution in [0, 0.1) is 0 Å². The molecule has 8 heteroatoms. The van der Waals surface area contributed by atoms with E-state index in [1.165, 1.54) is 0 Å². The molecule has 0 saturated carbocycles. The van der Waals surface area contributed by atoms with Gasteiger partial charge in [0.15, 0.2) is 0 Å². The zero-order valence-electron chi connectivity index (χ0n) is 13.1. The molecule has 1 saturated heterocycles. The van der Waals surface area contributed by atoms with Crippen LogP contribution >= 0.6 is 24.2 Å². The van der Waals surface area contributed by atoms with Gasteiger partial charge >= 0.3 is 6.03 Å². The molecule has 1 aliphatic rings. The van der Waals surface area contributed by atoms with Crippen LogP contribution in [0.5, 0.6) is 0 Å². The van der Waals surface area contributed by atoms with E-state index >= 15 is 0 Å². The average Bonchev–Trinajstić information content (AvgIpc) is 2.53. The summed E-state index contributed by atoms with van der Waals surface area (Å²) in [6, 6.07) is 6.64. The number of hydrogen-bond donors (Lipinski definition) is 3. The Balaban J connectivity index is 0.00000264. The highest BCUT2D eigenvalue weighted by molar-refractivity contribution is 7.98. The molecule has 0 spiro atoms. The van der Waals surface area contributed by atoms with Crippen molar-refractivity contribution in [1.82, 2.24) is 5.32 Å². The number of amides is 3. The zero-order valence-corrected chi connectivity index (χ0v) is 14.7. The number of nitrogens with one attached hydrogen (secondary N) is 2. The maximum atomic E-state index is 12.0. The van der Waals surface area contributed by atoms with Crippen molar-refractivity contribution in [2.24, 2.45) is 5.73 Å². The van der Waals surface area contributed by atoms with Crippen molar-refractivity contribution in [3.63, 3.8) is 0 Å². The molecule has 6 nitrogen and oxygen atoms in total. The summed E-state index contributed by atoms with van der Waals surface area (Å²) >= 11 is 1.66. The molecule has 1 atom stereocenters. The van der Waals surface area contributed by atoms with E-state index in [0.29, 0.717) is 25.2 Å². The standard InChI is InChI=1S/C15H22N4O2S.ClH/c1-22-9-6-13(16)14(20)18-11-4-2-5-12(10-11)19-8-3-7-17-15(19)21;/h2,4-5,10,13H,3,6-9,16H2,1H3,(H,17,21)(H,18,20);1H/t13-;/m0./s1. The predicted octanol–water partition coefficient (Wildman–Crippen LogP) is 2.05. The number of anilines is 2. The van der Waals surface area contributed by atoms with Crippen LogP contribution in [-0.4, -0.2) is 43.1 Å². The van der Waals surface area contributed by atoms with Crippen molar-refractivity contribution in [1.29, 1.82) is 0 Å². The number of urea groups is 1. The van der Waals surface area contributed by atoms with Gasteiger partial charge in [-0.2, -0.15) is 11.8 Å². The third kappa shape index (κ3) is 5.60. The molecule has 3 amide bonds. The summed E-state index contributed by atoms with van der Waals surface area (Å²) in [5, 5.41) is 5.62. The summed E-state index contributed by atoms with van der Waals surface area (Å²) in [5.74, 6) is 0.650. The molecule has 23 heavy (non-hydrogen) atoms. The van der Waals surface area contributed by atoms with Crippen LogP contribution in [0.25, 0.3) is 0 Å². The normalized spacial score (nSPS) is 15.4. The van der Waals surface area contributed by atoms with E-state index in [9.17, 15) is 9.59 Å². The Bertz CT molecular complexity index is 544. The molecule has 0 unspecified atom stereocenters. The number of carbonyl (C=O) groups excluding carboxylic acids is 2. The molecule has 0 bridgehead atoms. The Morgan fingerprint density at radius 1 is 1.52 bits per heavy atom. The lowest BCUT2D eigenvalue weighted by molar-refractivity contribution is -0.117. The van der Waals surface area contributed by atoms with Crippen molar-refractivity contribution in [3.8, 4) is 0 Å². The fourth-order valence-corrected chi connectivity index (χ4v) is 2.73. The Labute approximate surface area is 147 Å². The van der Waals surface area contributed by atoms with Crippen LogP contribution in [0.2, 0.25) is 0 Å². The number of thioether (sulfide) groups is 1. The number of benzene rings is 1. The van der Waals surface area contributed by atoms with E-state index in [0.717, 1.165) is 17.9 Å². The second-order valence-electron chi connectivity index (χ2n) is 5.16. The molecule has 2 rings (SSSR count). The van der Waals surface area contributed by atoms with E-state index in [4.69, 9.17) is 5.73 Å². The zero-order chi connectivity index (χ0) is 15.9. The van der Waals surface area contributed by atoms with E-state index in [-0.39, 0.29) is 24.3 Å². The highest BCUT2D eigenvalue weighted by Crippen LogP contribution is 2.21. The number of rotatable bonds is 6. The monoisotopic (exact) mass is 358 g/mol. The van der Waals surface area contributed by atoms with Crippen LogP contribution in [0.4, 0.5) is 16.2 Å². The minimum absolute atomic E-state index is 0. The highest BCUT2D eigenvalue weighted by atomic mass is 35.5. The van der Waals surface area contributed by atoms with Gasteiger partial charge in [0.05, 0.1) is 6.04 Å². The van der Waals surface area contributed by atoms with Gasteiger partial charge in [0.2, 0.25) is 5.91 Å². The summed E-state index contributed by atoms with van der Waals surface area (Å²) in [6.45, 7) is 1.38. The van der Waals surface area contributed by atoms with Crippen molar-refractivity contribution in [2.45, 2.75) is 18.9 Å². The molecule has 0 aromatic heterocycles. The van der Waals surface area contributed by atoms with Crippen molar-refractivity contribution >= 4 is 47.5 Å². The first-order valence-electron chi connectivity index (χ1n) is 7.32. The number of carbonyl (C=O) groups is 2. The van der Waals surface area contributed by atoms with E-state index in [1.54, 1.807) is 28.8 Å². The van der Waals surface area contributed by atoms with Gasteiger partial charge in [0.1, 0.15) is 0 Å². The third-order valence-corrected chi connectivity index (χ3v) is 4.12. The fraction of sp³-hybridized carbons (Fsp3) is 0.467.